The normalized spacial score (nSPS) is 14.5. The number of thiocarbonyl (C=S) groups is 1. The van der Waals surface area contributed by atoms with Crippen molar-refractivity contribution in [2.75, 3.05) is 6.54 Å². The van der Waals surface area contributed by atoms with Crippen LogP contribution in [0.4, 0.5) is 4.39 Å². The average molecular weight is 544 g/mol. The minimum Gasteiger partial charge on any atom is -0.489 e. The zero-order valence-corrected chi connectivity index (χ0v) is 22.5. The summed E-state index contributed by atoms with van der Waals surface area (Å²) in [5.74, 6) is 0.217. The van der Waals surface area contributed by atoms with Gasteiger partial charge in [-0.25, -0.2) is 9.07 Å². The number of ether oxygens (including phenoxy) is 1. The van der Waals surface area contributed by atoms with Gasteiger partial charge in [0, 0.05) is 29.4 Å². The lowest BCUT2D eigenvalue weighted by atomic mass is 10.1. The SMILES string of the molecule is CCCCN1C(=O)/C(=C/c2cn(-c3ccccc3)nc2-c2cccc(OCc3ccccc3F)c2)SC1=S. The summed E-state index contributed by atoms with van der Waals surface area (Å²) >= 11 is 6.81. The van der Waals surface area contributed by atoms with Gasteiger partial charge in [-0.2, -0.15) is 5.10 Å². The Morgan fingerprint density at radius 3 is 2.63 bits per heavy atom. The molecule has 0 radical (unpaired) electrons. The molecule has 1 saturated heterocycles. The number of halogens is 1. The minimum atomic E-state index is -0.302. The molecule has 4 aromatic rings. The molecule has 1 amide bonds. The first kappa shape index (κ1) is 25.9. The number of aromatic nitrogens is 2. The van der Waals surface area contributed by atoms with Crippen molar-refractivity contribution in [1.82, 2.24) is 14.7 Å². The van der Waals surface area contributed by atoms with E-state index in [1.54, 1.807) is 27.8 Å². The third-order valence-electron chi connectivity index (χ3n) is 6.12. The van der Waals surface area contributed by atoms with E-state index in [1.807, 2.05) is 66.9 Å². The Labute approximate surface area is 230 Å². The molecule has 5 rings (SSSR count). The van der Waals surface area contributed by atoms with Gasteiger partial charge in [-0.1, -0.05) is 85.9 Å². The molecule has 0 atom stereocenters. The molecule has 0 N–H and O–H groups in total. The number of benzene rings is 3. The van der Waals surface area contributed by atoms with Crippen molar-refractivity contribution in [3.63, 3.8) is 0 Å². The van der Waals surface area contributed by atoms with Gasteiger partial charge in [0.2, 0.25) is 0 Å². The van der Waals surface area contributed by atoms with E-state index in [4.69, 9.17) is 22.1 Å². The highest BCUT2D eigenvalue weighted by Gasteiger charge is 2.32. The highest BCUT2D eigenvalue weighted by Crippen LogP contribution is 2.35. The van der Waals surface area contributed by atoms with Crippen LogP contribution >= 0.6 is 24.0 Å². The predicted octanol–water partition coefficient (Wildman–Crippen LogP) is 7.26. The Morgan fingerprint density at radius 2 is 1.84 bits per heavy atom. The van der Waals surface area contributed by atoms with Gasteiger partial charge in [0.15, 0.2) is 0 Å². The van der Waals surface area contributed by atoms with Crippen LogP contribution < -0.4 is 4.74 Å². The Kier molecular flexibility index (Phi) is 8.00. The molecule has 1 fully saturated rings. The lowest BCUT2D eigenvalue weighted by molar-refractivity contribution is -0.122. The van der Waals surface area contributed by atoms with E-state index in [0.29, 0.717) is 32.8 Å². The van der Waals surface area contributed by atoms with Crippen molar-refractivity contribution >= 4 is 40.3 Å². The van der Waals surface area contributed by atoms with Crippen molar-refractivity contribution in [1.29, 1.82) is 0 Å². The summed E-state index contributed by atoms with van der Waals surface area (Å²) in [7, 11) is 0. The highest BCUT2D eigenvalue weighted by atomic mass is 32.2. The number of hydrogen-bond acceptors (Lipinski definition) is 5. The molecule has 8 heteroatoms. The highest BCUT2D eigenvalue weighted by molar-refractivity contribution is 8.26. The van der Waals surface area contributed by atoms with Crippen LogP contribution in [-0.2, 0) is 11.4 Å². The lowest BCUT2D eigenvalue weighted by Gasteiger charge is -2.13. The van der Waals surface area contributed by atoms with Gasteiger partial charge in [0.05, 0.1) is 10.6 Å². The number of nitrogens with zero attached hydrogens (tertiary/aromatic N) is 3. The number of thioether (sulfide) groups is 1. The lowest BCUT2D eigenvalue weighted by Crippen LogP contribution is -2.28. The van der Waals surface area contributed by atoms with Crippen LogP contribution in [0.15, 0.2) is 90.0 Å². The molecule has 1 aromatic heterocycles. The van der Waals surface area contributed by atoms with Crippen LogP contribution in [0.1, 0.15) is 30.9 Å². The van der Waals surface area contributed by atoms with E-state index in [9.17, 15) is 9.18 Å². The fourth-order valence-electron chi connectivity index (χ4n) is 4.09. The van der Waals surface area contributed by atoms with E-state index in [2.05, 4.69) is 6.92 Å². The maximum absolute atomic E-state index is 14.1. The largest absolute Gasteiger partial charge is 0.489 e. The first-order chi connectivity index (χ1) is 18.5. The van der Waals surface area contributed by atoms with Crippen molar-refractivity contribution < 1.29 is 13.9 Å². The van der Waals surface area contributed by atoms with Crippen LogP contribution in [0.3, 0.4) is 0 Å². The van der Waals surface area contributed by atoms with E-state index in [0.717, 1.165) is 29.7 Å². The van der Waals surface area contributed by atoms with Crippen molar-refractivity contribution in [2.45, 2.75) is 26.4 Å². The van der Waals surface area contributed by atoms with Crippen LogP contribution in [0.2, 0.25) is 0 Å². The number of unbranched alkanes of at least 4 members (excludes halogenated alkanes) is 1. The van der Waals surface area contributed by atoms with Crippen molar-refractivity contribution in [3.8, 4) is 22.7 Å². The predicted molar refractivity (Wildman–Crippen MR) is 155 cm³/mol. The molecule has 0 aliphatic carbocycles. The molecule has 1 aliphatic rings. The van der Waals surface area contributed by atoms with Gasteiger partial charge in [0.25, 0.3) is 5.91 Å². The summed E-state index contributed by atoms with van der Waals surface area (Å²) in [5, 5.41) is 4.87. The second-order valence-corrected chi connectivity index (χ2v) is 10.5. The van der Waals surface area contributed by atoms with E-state index in [1.165, 1.54) is 17.8 Å². The van der Waals surface area contributed by atoms with E-state index < -0.39 is 0 Å². The van der Waals surface area contributed by atoms with Gasteiger partial charge in [0.1, 0.15) is 28.2 Å². The van der Waals surface area contributed by atoms with Crippen molar-refractivity contribution in [2.24, 2.45) is 0 Å². The van der Waals surface area contributed by atoms with Crippen LogP contribution in [0, 0.1) is 5.82 Å². The monoisotopic (exact) mass is 543 g/mol. The van der Waals surface area contributed by atoms with Gasteiger partial charge in [-0.15, -0.1) is 0 Å². The minimum absolute atomic E-state index is 0.0752. The number of carbonyl (C=O) groups is 1. The van der Waals surface area contributed by atoms with Crippen LogP contribution in [0.25, 0.3) is 23.0 Å². The standard InChI is InChI=1S/C30H26FN3O2S2/c1-2-3-16-33-29(35)27(38-30(33)37)18-23-19-34(24-12-5-4-6-13-24)32-28(23)21-11-9-14-25(17-21)36-20-22-10-7-8-15-26(22)31/h4-15,17-19H,2-3,16,20H2,1H3/b27-18-. The number of carbonyl (C=O) groups excluding carboxylic acids is 1. The molecule has 1 aliphatic heterocycles. The molecule has 5 nitrogen and oxygen atoms in total. The number of hydrogen-bond donors (Lipinski definition) is 0. The molecule has 0 saturated carbocycles. The Hall–Kier alpha value is -3.75. The van der Waals surface area contributed by atoms with Crippen LogP contribution in [-0.4, -0.2) is 31.5 Å². The summed E-state index contributed by atoms with van der Waals surface area (Å²) in [6.07, 6.45) is 5.66. The molecular formula is C30H26FN3O2S2. The molecule has 192 valence electrons. The fraction of sp³-hybridized carbons (Fsp3) is 0.167. The van der Waals surface area contributed by atoms with Gasteiger partial charge in [-0.3, -0.25) is 9.69 Å². The summed E-state index contributed by atoms with van der Waals surface area (Å²) in [4.78, 5) is 15.4. The summed E-state index contributed by atoms with van der Waals surface area (Å²) in [6.45, 7) is 2.82. The van der Waals surface area contributed by atoms with Gasteiger partial charge < -0.3 is 4.74 Å². The van der Waals surface area contributed by atoms with E-state index in [-0.39, 0.29) is 18.3 Å². The second kappa shape index (κ2) is 11.8. The molecule has 0 spiro atoms. The molecular weight excluding hydrogens is 517 g/mol. The Bertz CT molecular complexity index is 1500. The maximum atomic E-state index is 14.1. The fourth-order valence-corrected chi connectivity index (χ4v) is 5.39. The molecule has 3 aromatic carbocycles. The maximum Gasteiger partial charge on any atom is 0.266 e. The number of amides is 1. The third kappa shape index (κ3) is 5.71. The topological polar surface area (TPSA) is 47.4 Å². The molecule has 0 unspecified atom stereocenters. The first-order valence-electron chi connectivity index (χ1n) is 12.4. The molecule has 0 bridgehead atoms. The van der Waals surface area contributed by atoms with Crippen LogP contribution in [0.5, 0.6) is 5.75 Å². The Morgan fingerprint density at radius 1 is 1.05 bits per heavy atom. The van der Waals surface area contributed by atoms with E-state index >= 15 is 0 Å². The average Bonchev–Trinajstić information content (AvgIpc) is 3.48. The zero-order chi connectivity index (χ0) is 26.5. The quantitative estimate of drug-likeness (QED) is 0.164. The van der Waals surface area contributed by atoms with Crippen molar-refractivity contribution in [3.05, 3.63) is 107 Å². The summed E-state index contributed by atoms with van der Waals surface area (Å²) in [5.41, 5.74) is 3.69. The number of rotatable bonds is 9. The zero-order valence-electron chi connectivity index (χ0n) is 20.8. The first-order valence-corrected chi connectivity index (χ1v) is 13.6. The van der Waals surface area contributed by atoms with Gasteiger partial charge >= 0.3 is 0 Å². The summed E-state index contributed by atoms with van der Waals surface area (Å²) < 4.78 is 22.3. The number of para-hydroxylation sites is 1. The Balaban J connectivity index is 1.49. The van der Waals surface area contributed by atoms with Gasteiger partial charge in [-0.05, 0) is 42.8 Å². The molecule has 2 heterocycles. The molecule has 38 heavy (non-hydrogen) atoms. The second-order valence-electron chi connectivity index (χ2n) is 8.81. The smallest absolute Gasteiger partial charge is 0.266 e. The summed E-state index contributed by atoms with van der Waals surface area (Å²) in [6, 6.07) is 23.9. The third-order valence-corrected chi connectivity index (χ3v) is 7.50.